The number of esters is 1. The van der Waals surface area contributed by atoms with E-state index in [4.69, 9.17) is 0 Å². The average molecular weight is 348 g/mol. The SMILES string of the molecule is COC(=O)c1ccc(Nc2nccc(NCc3ccccc3C)n2)cc1. The Balaban J connectivity index is 1.65. The van der Waals surface area contributed by atoms with E-state index in [0.717, 1.165) is 11.5 Å². The Kier molecular flexibility index (Phi) is 5.43. The van der Waals surface area contributed by atoms with Crippen molar-refractivity contribution >= 4 is 23.4 Å². The molecular weight excluding hydrogens is 328 g/mol. The number of carbonyl (C=O) groups excluding carboxylic acids is 1. The van der Waals surface area contributed by atoms with Gasteiger partial charge in [-0.3, -0.25) is 0 Å². The predicted octanol–water partition coefficient (Wildman–Crippen LogP) is 3.93. The highest BCUT2D eigenvalue weighted by molar-refractivity contribution is 5.89. The van der Waals surface area contributed by atoms with Crippen molar-refractivity contribution < 1.29 is 9.53 Å². The lowest BCUT2D eigenvalue weighted by molar-refractivity contribution is 0.0601. The number of hydrogen-bond donors (Lipinski definition) is 2. The van der Waals surface area contributed by atoms with Crippen LogP contribution in [-0.2, 0) is 11.3 Å². The fraction of sp³-hybridized carbons (Fsp3) is 0.150. The zero-order valence-electron chi connectivity index (χ0n) is 14.7. The van der Waals surface area contributed by atoms with Crippen LogP contribution in [0, 0.1) is 6.92 Å². The molecule has 3 aromatic rings. The molecule has 0 aliphatic heterocycles. The van der Waals surface area contributed by atoms with E-state index < -0.39 is 0 Å². The summed E-state index contributed by atoms with van der Waals surface area (Å²) in [5.41, 5.74) is 3.73. The summed E-state index contributed by atoms with van der Waals surface area (Å²) in [6.45, 7) is 2.78. The van der Waals surface area contributed by atoms with E-state index in [0.29, 0.717) is 18.1 Å². The lowest BCUT2D eigenvalue weighted by Gasteiger charge is -2.10. The molecule has 0 radical (unpaired) electrons. The first-order valence-corrected chi connectivity index (χ1v) is 8.22. The number of methoxy groups -OCH3 is 1. The molecule has 0 fully saturated rings. The summed E-state index contributed by atoms with van der Waals surface area (Å²) in [6, 6.07) is 17.0. The molecule has 0 aliphatic carbocycles. The van der Waals surface area contributed by atoms with E-state index in [1.165, 1.54) is 18.2 Å². The number of carbonyl (C=O) groups is 1. The fourth-order valence-electron chi connectivity index (χ4n) is 2.45. The zero-order chi connectivity index (χ0) is 18.4. The minimum absolute atomic E-state index is 0.366. The average Bonchev–Trinajstić information content (AvgIpc) is 2.68. The minimum atomic E-state index is -0.366. The standard InChI is InChI=1S/C20H20N4O2/c1-14-5-3-4-6-16(14)13-22-18-11-12-21-20(24-18)23-17-9-7-15(8-10-17)19(25)26-2/h3-12H,13H2,1-2H3,(H2,21,22,23,24). The van der Waals surface area contributed by atoms with Crippen LogP contribution >= 0.6 is 0 Å². The first-order valence-electron chi connectivity index (χ1n) is 8.22. The van der Waals surface area contributed by atoms with Crippen LogP contribution in [0.1, 0.15) is 21.5 Å². The van der Waals surface area contributed by atoms with Gasteiger partial charge in [-0.15, -0.1) is 0 Å². The quantitative estimate of drug-likeness (QED) is 0.658. The molecule has 3 rings (SSSR count). The summed E-state index contributed by atoms with van der Waals surface area (Å²) in [5.74, 6) is 0.845. The topological polar surface area (TPSA) is 76.1 Å². The van der Waals surface area contributed by atoms with Crippen molar-refractivity contribution in [2.45, 2.75) is 13.5 Å². The number of hydrogen-bond acceptors (Lipinski definition) is 6. The maximum atomic E-state index is 11.5. The Morgan fingerprint density at radius 1 is 1.08 bits per heavy atom. The summed E-state index contributed by atoms with van der Waals surface area (Å²) in [6.07, 6.45) is 1.69. The maximum Gasteiger partial charge on any atom is 0.337 e. The van der Waals surface area contributed by atoms with Gasteiger partial charge >= 0.3 is 5.97 Å². The molecule has 0 spiro atoms. The van der Waals surface area contributed by atoms with Crippen molar-refractivity contribution in [3.8, 4) is 0 Å². The van der Waals surface area contributed by atoms with Gasteiger partial charge in [-0.05, 0) is 48.4 Å². The Bertz CT molecular complexity index is 894. The summed E-state index contributed by atoms with van der Waals surface area (Å²) >= 11 is 0. The number of ether oxygens (including phenoxy) is 1. The second-order valence-electron chi connectivity index (χ2n) is 5.74. The Labute approximate surface area is 152 Å². The summed E-state index contributed by atoms with van der Waals surface area (Å²) in [5, 5.41) is 6.43. The van der Waals surface area contributed by atoms with Crippen molar-refractivity contribution in [3.63, 3.8) is 0 Å². The van der Waals surface area contributed by atoms with E-state index in [9.17, 15) is 4.79 Å². The van der Waals surface area contributed by atoms with Crippen LogP contribution in [0.3, 0.4) is 0 Å². The molecule has 132 valence electrons. The van der Waals surface area contributed by atoms with Gasteiger partial charge < -0.3 is 15.4 Å². The number of aromatic nitrogens is 2. The highest BCUT2D eigenvalue weighted by Gasteiger charge is 2.05. The second-order valence-corrected chi connectivity index (χ2v) is 5.74. The number of nitrogens with one attached hydrogen (secondary N) is 2. The third kappa shape index (κ3) is 4.36. The summed E-state index contributed by atoms with van der Waals surface area (Å²) in [4.78, 5) is 20.2. The largest absolute Gasteiger partial charge is 0.465 e. The third-order valence-electron chi connectivity index (χ3n) is 3.94. The lowest BCUT2D eigenvalue weighted by atomic mass is 10.1. The number of nitrogens with zero attached hydrogens (tertiary/aromatic N) is 2. The van der Waals surface area contributed by atoms with Gasteiger partial charge in [0.05, 0.1) is 12.7 Å². The number of rotatable bonds is 6. The van der Waals surface area contributed by atoms with Gasteiger partial charge in [0.25, 0.3) is 0 Å². The van der Waals surface area contributed by atoms with Gasteiger partial charge in [0.2, 0.25) is 5.95 Å². The first-order chi connectivity index (χ1) is 12.7. The number of benzene rings is 2. The van der Waals surface area contributed by atoms with Crippen LogP contribution in [-0.4, -0.2) is 23.0 Å². The normalized spacial score (nSPS) is 10.2. The summed E-state index contributed by atoms with van der Waals surface area (Å²) in [7, 11) is 1.36. The van der Waals surface area contributed by atoms with E-state index in [1.807, 2.05) is 18.2 Å². The van der Waals surface area contributed by atoms with E-state index in [1.54, 1.807) is 30.5 Å². The molecule has 0 aliphatic rings. The molecule has 2 N–H and O–H groups in total. The van der Waals surface area contributed by atoms with E-state index in [2.05, 4.69) is 44.4 Å². The van der Waals surface area contributed by atoms with Crippen molar-refractivity contribution in [2.75, 3.05) is 17.7 Å². The molecule has 6 heteroatoms. The molecule has 26 heavy (non-hydrogen) atoms. The molecule has 0 atom stereocenters. The van der Waals surface area contributed by atoms with Crippen LogP contribution in [0.15, 0.2) is 60.8 Å². The molecule has 0 saturated carbocycles. The summed E-state index contributed by atoms with van der Waals surface area (Å²) < 4.78 is 4.69. The minimum Gasteiger partial charge on any atom is -0.465 e. The van der Waals surface area contributed by atoms with Crippen molar-refractivity contribution in [2.24, 2.45) is 0 Å². The molecule has 2 aromatic carbocycles. The third-order valence-corrected chi connectivity index (χ3v) is 3.94. The Morgan fingerprint density at radius 2 is 1.85 bits per heavy atom. The molecule has 6 nitrogen and oxygen atoms in total. The molecule has 0 saturated heterocycles. The molecule has 0 amide bonds. The Hall–Kier alpha value is -3.41. The molecule has 0 unspecified atom stereocenters. The number of anilines is 3. The first kappa shape index (κ1) is 17.4. The van der Waals surface area contributed by atoms with Crippen LogP contribution in [0.4, 0.5) is 17.5 Å². The molecule has 0 bridgehead atoms. The fourth-order valence-corrected chi connectivity index (χ4v) is 2.45. The highest BCUT2D eigenvalue weighted by atomic mass is 16.5. The van der Waals surface area contributed by atoms with Crippen LogP contribution in [0.5, 0.6) is 0 Å². The van der Waals surface area contributed by atoms with Gasteiger partial charge in [-0.1, -0.05) is 24.3 Å². The van der Waals surface area contributed by atoms with Gasteiger partial charge in [0.1, 0.15) is 5.82 Å². The van der Waals surface area contributed by atoms with Gasteiger partial charge in [-0.2, -0.15) is 4.98 Å². The van der Waals surface area contributed by atoms with Gasteiger partial charge in [0, 0.05) is 18.4 Å². The van der Waals surface area contributed by atoms with Crippen LogP contribution in [0.2, 0.25) is 0 Å². The van der Waals surface area contributed by atoms with E-state index >= 15 is 0 Å². The maximum absolute atomic E-state index is 11.5. The molecule has 1 aromatic heterocycles. The van der Waals surface area contributed by atoms with Gasteiger partial charge in [0.15, 0.2) is 0 Å². The van der Waals surface area contributed by atoms with Crippen molar-refractivity contribution in [1.82, 2.24) is 9.97 Å². The van der Waals surface area contributed by atoms with Gasteiger partial charge in [-0.25, -0.2) is 9.78 Å². The molecule has 1 heterocycles. The number of aryl methyl sites for hydroxylation is 1. The van der Waals surface area contributed by atoms with Crippen molar-refractivity contribution in [3.05, 3.63) is 77.5 Å². The van der Waals surface area contributed by atoms with Crippen LogP contribution in [0.25, 0.3) is 0 Å². The Morgan fingerprint density at radius 3 is 2.58 bits per heavy atom. The lowest BCUT2D eigenvalue weighted by Crippen LogP contribution is -2.05. The van der Waals surface area contributed by atoms with E-state index in [-0.39, 0.29) is 5.97 Å². The highest BCUT2D eigenvalue weighted by Crippen LogP contribution is 2.16. The van der Waals surface area contributed by atoms with Crippen LogP contribution < -0.4 is 10.6 Å². The monoisotopic (exact) mass is 348 g/mol. The second kappa shape index (κ2) is 8.11. The predicted molar refractivity (Wildman–Crippen MR) is 102 cm³/mol. The zero-order valence-corrected chi connectivity index (χ0v) is 14.7. The smallest absolute Gasteiger partial charge is 0.337 e. The molecular formula is C20H20N4O2. The van der Waals surface area contributed by atoms with Crippen molar-refractivity contribution in [1.29, 1.82) is 0 Å².